The first kappa shape index (κ1) is 31.6. The highest BCUT2D eigenvalue weighted by atomic mass is 16.6. The van der Waals surface area contributed by atoms with Gasteiger partial charge in [0.15, 0.2) is 11.5 Å². The third kappa shape index (κ3) is 6.90. The van der Waals surface area contributed by atoms with Gasteiger partial charge in [-0.05, 0) is 76.8 Å². The molecule has 4 fully saturated rings. The van der Waals surface area contributed by atoms with E-state index in [1.165, 1.54) is 0 Å². The smallest absolute Gasteiger partial charge is 0.410 e. The predicted octanol–water partition coefficient (Wildman–Crippen LogP) is 4.44. The summed E-state index contributed by atoms with van der Waals surface area (Å²) in [5, 5.41) is 13.0. The summed E-state index contributed by atoms with van der Waals surface area (Å²) in [6.07, 6.45) is 9.30. The molecule has 0 unspecified atom stereocenters. The zero-order chi connectivity index (χ0) is 32.5. The normalized spacial score (nSPS) is 21.8. The van der Waals surface area contributed by atoms with Gasteiger partial charge in [-0.25, -0.2) is 24.5 Å². The summed E-state index contributed by atoms with van der Waals surface area (Å²) in [4.78, 5) is 49.1. The number of hydrogen-bond donors (Lipinski definition) is 1. The Balaban J connectivity index is 1.04. The second-order valence-corrected chi connectivity index (χ2v) is 14.2. The molecule has 0 aliphatic carbocycles. The van der Waals surface area contributed by atoms with E-state index in [1.807, 2.05) is 49.8 Å². The number of anilines is 4. The molecule has 1 atom stereocenters. The Kier molecular flexibility index (Phi) is 8.81. The first-order valence-corrected chi connectivity index (χ1v) is 16.5. The average molecular weight is 631 g/mol. The van der Waals surface area contributed by atoms with E-state index < -0.39 is 5.60 Å². The van der Waals surface area contributed by atoms with Crippen molar-refractivity contribution in [3.8, 4) is 6.07 Å². The molecule has 0 saturated carbocycles. The molecule has 4 saturated heterocycles. The van der Waals surface area contributed by atoms with E-state index in [2.05, 4.69) is 26.2 Å². The quantitative estimate of drug-likeness (QED) is 0.505. The van der Waals surface area contributed by atoms with Crippen LogP contribution in [0.2, 0.25) is 0 Å². The number of nitrogens with zero attached hydrogens (tertiary/aromatic N) is 9. The van der Waals surface area contributed by atoms with Crippen LogP contribution in [0.25, 0.3) is 0 Å². The summed E-state index contributed by atoms with van der Waals surface area (Å²) in [5.74, 6) is 2.01. The lowest BCUT2D eigenvalue weighted by molar-refractivity contribution is 0.00664. The van der Waals surface area contributed by atoms with E-state index in [4.69, 9.17) is 14.7 Å². The van der Waals surface area contributed by atoms with Crippen molar-refractivity contribution in [2.45, 2.75) is 70.9 Å². The van der Waals surface area contributed by atoms with Crippen LogP contribution in [0, 0.1) is 16.7 Å². The van der Waals surface area contributed by atoms with Gasteiger partial charge in [-0.2, -0.15) is 5.26 Å². The van der Waals surface area contributed by atoms with E-state index in [0.717, 1.165) is 95.8 Å². The summed E-state index contributed by atoms with van der Waals surface area (Å²) in [5.41, 5.74) is 0.743. The summed E-state index contributed by atoms with van der Waals surface area (Å²) in [6, 6.07) is 6.34. The molecule has 6 rings (SSSR count). The van der Waals surface area contributed by atoms with Crippen LogP contribution in [-0.2, 0) is 4.74 Å². The van der Waals surface area contributed by atoms with Crippen molar-refractivity contribution >= 4 is 35.3 Å². The summed E-state index contributed by atoms with van der Waals surface area (Å²) in [7, 11) is 1.84. The number of hydrogen-bond acceptors (Lipinski definition) is 10. The third-order valence-electron chi connectivity index (χ3n) is 9.91. The van der Waals surface area contributed by atoms with Crippen LogP contribution in [-0.4, -0.2) is 113 Å². The van der Waals surface area contributed by atoms with E-state index in [9.17, 15) is 14.9 Å². The molecule has 246 valence electrons. The van der Waals surface area contributed by atoms with Crippen LogP contribution in [0.4, 0.5) is 32.7 Å². The lowest BCUT2D eigenvalue weighted by Gasteiger charge is -2.47. The molecule has 0 aromatic carbocycles. The highest BCUT2D eigenvalue weighted by molar-refractivity contribution is 5.76. The predicted molar refractivity (Wildman–Crippen MR) is 175 cm³/mol. The van der Waals surface area contributed by atoms with Crippen molar-refractivity contribution in [1.82, 2.24) is 29.7 Å². The Bertz CT molecular complexity index is 1450. The molecular weight excluding hydrogens is 584 g/mol. The number of pyridine rings is 1. The van der Waals surface area contributed by atoms with Gasteiger partial charge in [0.05, 0.1) is 24.1 Å². The fourth-order valence-electron chi connectivity index (χ4n) is 7.11. The zero-order valence-corrected chi connectivity index (χ0v) is 27.5. The van der Waals surface area contributed by atoms with Gasteiger partial charge < -0.3 is 34.6 Å². The first-order valence-electron chi connectivity index (χ1n) is 16.5. The molecule has 46 heavy (non-hydrogen) atoms. The van der Waals surface area contributed by atoms with E-state index in [-0.39, 0.29) is 29.3 Å². The summed E-state index contributed by atoms with van der Waals surface area (Å²) < 4.78 is 5.58. The van der Waals surface area contributed by atoms with Gasteiger partial charge in [0.25, 0.3) is 0 Å². The van der Waals surface area contributed by atoms with Crippen molar-refractivity contribution in [1.29, 1.82) is 5.26 Å². The largest absolute Gasteiger partial charge is 0.444 e. The molecule has 3 amide bonds. The topological polar surface area (TPSA) is 134 Å². The molecular formula is C33H46N10O3. The van der Waals surface area contributed by atoms with Crippen LogP contribution < -0.4 is 15.1 Å². The van der Waals surface area contributed by atoms with Crippen molar-refractivity contribution in [2.75, 3.05) is 74.5 Å². The average Bonchev–Trinajstić information content (AvgIpc) is 3.39. The number of urea groups is 1. The van der Waals surface area contributed by atoms with Crippen LogP contribution in [0.1, 0.15) is 65.0 Å². The maximum Gasteiger partial charge on any atom is 0.410 e. The van der Waals surface area contributed by atoms with Crippen molar-refractivity contribution in [3.05, 3.63) is 30.2 Å². The Labute approximate surface area is 271 Å². The van der Waals surface area contributed by atoms with Crippen molar-refractivity contribution in [2.24, 2.45) is 5.41 Å². The highest BCUT2D eigenvalue weighted by Crippen LogP contribution is 2.42. The lowest BCUT2D eigenvalue weighted by atomic mass is 9.71. The van der Waals surface area contributed by atoms with Crippen LogP contribution in [0.15, 0.2) is 24.5 Å². The SMILES string of the molecule is CN1CCN([C@@H]2CCCN(c3cnc(C#N)c(Nc4ccc(N5CCC6(CCN(C(=O)OC(C)(C)C)CC6)CC5)nc4)n3)C2)C1=O. The van der Waals surface area contributed by atoms with E-state index in [0.29, 0.717) is 18.2 Å². The number of nitriles is 1. The van der Waals surface area contributed by atoms with Gasteiger partial charge in [0.2, 0.25) is 0 Å². The van der Waals surface area contributed by atoms with Crippen LogP contribution in [0.3, 0.4) is 0 Å². The van der Waals surface area contributed by atoms with Gasteiger partial charge in [-0.1, -0.05) is 0 Å². The molecule has 6 heterocycles. The molecule has 1 spiro atoms. The number of ether oxygens (including phenoxy) is 1. The molecule has 0 radical (unpaired) electrons. The number of carbonyl (C=O) groups excluding carboxylic acids is 2. The zero-order valence-electron chi connectivity index (χ0n) is 27.5. The monoisotopic (exact) mass is 630 g/mol. The fraction of sp³-hybridized carbons (Fsp3) is 0.636. The third-order valence-corrected chi connectivity index (χ3v) is 9.91. The lowest BCUT2D eigenvalue weighted by Crippen LogP contribution is -2.49. The van der Waals surface area contributed by atoms with Gasteiger partial charge >= 0.3 is 12.1 Å². The minimum Gasteiger partial charge on any atom is -0.444 e. The van der Waals surface area contributed by atoms with E-state index in [1.54, 1.807) is 17.3 Å². The molecule has 13 heteroatoms. The Hall–Kier alpha value is -4.34. The minimum absolute atomic E-state index is 0.0840. The number of piperidine rings is 3. The Morgan fingerprint density at radius 3 is 2.35 bits per heavy atom. The molecule has 13 nitrogen and oxygen atoms in total. The molecule has 0 bridgehead atoms. The van der Waals surface area contributed by atoms with Crippen molar-refractivity contribution < 1.29 is 14.3 Å². The number of likely N-dealkylation sites (N-methyl/N-ethyl adjacent to an activating group) is 1. The van der Waals surface area contributed by atoms with Gasteiger partial charge in [0.1, 0.15) is 23.3 Å². The summed E-state index contributed by atoms with van der Waals surface area (Å²) >= 11 is 0. The summed E-state index contributed by atoms with van der Waals surface area (Å²) in [6.45, 7) is 12.1. The standard InChI is InChI=1S/C33H46N10O3/c1-32(2,3)46-31(45)41-16-11-33(12-17-41)9-14-40(15-10-33)27-8-7-24(21-36-27)37-29-26(20-34)35-22-28(38-29)42-13-5-6-25(23-42)43-19-18-39(4)30(43)44/h7-8,21-22,25H,5-6,9-19,23H2,1-4H3,(H,37,38)/t25-/m1/s1. The Morgan fingerprint density at radius 2 is 1.72 bits per heavy atom. The van der Waals surface area contributed by atoms with E-state index >= 15 is 0 Å². The number of aromatic nitrogens is 3. The molecule has 2 aromatic heterocycles. The second-order valence-electron chi connectivity index (χ2n) is 14.2. The van der Waals surface area contributed by atoms with Gasteiger partial charge in [0, 0.05) is 59.4 Å². The van der Waals surface area contributed by atoms with Crippen LogP contribution >= 0.6 is 0 Å². The molecule has 4 aliphatic heterocycles. The molecule has 4 aliphatic rings. The second kappa shape index (κ2) is 12.8. The number of carbonyl (C=O) groups is 2. The first-order chi connectivity index (χ1) is 22.0. The van der Waals surface area contributed by atoms with Crippen molar-refractivity contribution in [3.63, 3.8) is 0 Å². The number of rotatable bonds is 5. The Morgan fingerprint density at radius 1 is 0.978 bits per heavy atom. The highest BCUT2D eigenvalue weighted by Gasteiger charge is 2.40. The minimum atomic E-state index is -0.476. The number of nitrogens with one attached hydrogen (secondary N) is 1. The fourth-order valence-corrected chi connectivity index (χ4v) is 7.11. The number of amides is 3. The maximum absolute atomic E-state index is 12.6. The molecule has 1 N–H and O–H groups in total. The van der Waals surface area contributed by atoms with Gasteiger partial charge in [-0.3, -0.25) is 0 Å². The maximum atomic E-state index is 12.6. The number of likely N-dealkylation sites (tertiary alicyclic amines) is 1. The van der Waals surface area contributed by atoms with Gasteiger partial charge in [-0.15, -0.1) is 0 Å². The molecule has 2 aromatic rings. The van der Waals surface area contributed by atoms with Crippen LogP contribution in [0.5, 0.6) is 0 Å².